The van der Waals surface area contributed by atoms with Crippen molar-refractivity contribution < 1.29 is 13.5 Å². The minimum absolute atomic E-state index is 0.464. The Morgan fingerprint density at radius 3 is 2.56 bits per heavy atom. The number of hydrogen-bond donors (Lipinski definition) is 0. The van der Waals surface area contributed by atoms with Crippen LogP contribution < -0.4 is 4.74 Å². The summed E-state index contributed by atoms with van der Waals surface area (Å²) in [5.41, 5.74) is 0. The van der Waals surface area contributed by atoms with Crippen LogP contribution in [-0.2, 0) is 0 Å². The first kappa shape index (κ1) is 11.3. The van der Waals surface area contributed by atoms with Crippen LogP contribution in [-0.4, -0.2) is 13.0 Å². The van der Waals surface area contributed by atoms with Gasteiger partial charge in [0.1, 0.15) is 12.4 Å². The number of fused-ring (bicyclic) bond motifs is 1. The Labute approximate surface area is 100 Å². The second kappa shape index (κ2) is 4.78. The van der Waals surface area contributed by atoms with Crippen LogP contribution in [0.15, 0.2) is 40.9 Å². The van der Waals surface area contributed by atoms with Gasteiger partial charge in [-0.05, 0) is 35.0 Å². The van der Waals surface area contributed by atoms with Gasteiger partial charge in [-0.1, -0.05) is 28.1 Å². The maximum Gasteiger partial charge on any atom is 0.272 e. The van der Waals surface area contributed by atoms with Gasteiger partial charge in [0.05, 0.1) is 0 Å². The van der Waals surface area contributed by atoms with Gasteiger partial charge >= 0.3 is 0 Å². The predicted molar refractivity (Wildman–Crippen MR) is 63.1 cm³/mol. The smallest absolute Gasteiger partial charge is 0.272 e. The van der Waals surface area contributed by atoms with E-state index in [1.165, 1.54) is 0 Å². The second-order valence-corrected chi connectivity index (χ2v) is 4.27. The first-order chi connectivity index (χ1) is 7.65. The Kier molecular flexibility index (Phi) is 3.39. The molecule has 2 rings (SSSR count). The Balaban J connectivity index is 2.28. The van der Waals surface area contributed by atoms with Crippen molar-refractivity contribution in [2.45, 2.75) is 6.43 Å². The van der Waals surface area contributed by atoms with E-state index in [1.54, 1.807) is 12.1 Å². The number of alkyl halides is 2. The third-order valence-corrected chi connectivity index (χ3v) is 2.64. The standard InChI is InChI=1S/C12H9BrF2O/c13-10-3-1-8-2-4-11(6-9(8)5-10)16-7-12(14)15/h1-6,12H,7H2. The number of ether oxygens (including phenoxy) is 1. The molecule has 0 spiro atoms. The zero-order chi connectivity index (χ0) is 11.5. The lowest BCUT2D eigenvalue weighted by atomic mass is 10.1. The minimum atomic E-state index is -2.45. The SMILES string of the molecule is FC(F)COc1ccc2ccc(Br)cc2c1. The normalized spacial score (nSPS) is 11.0. The molecular weight excluding hydrogens is 278 g/mol. The van der Waals surface area contributed by atoms with Gasteiger partial charge in [-0.25, -0.2) is 8.78 Å². The number of halogens is 3. The van der Waals surface area contributed by atoms with Crippen LogP contribution in [0.3, 0.4) is 0 Å². The van der Waals surface area contributed by atoms with E-state index in [0.29, 0.717) is 5.75 Å². The summed E-state index contributed by atoms with van der Waals surface area (Å²) in [6, 6.07) is 11.1. The van der Waals surface area contributed by atoms with E-state index >= 15 is 0 Å². The van der Waals surface area contributed by atoms with Crippen molar-refractivity contribution in [2.75, 3.05) is 6.61 Å². The molecule has 16 heavy (non-hydrogen) atoms. The lowest BCUT2D eigenvalue weighted by Crippen LogP contribution is -2.06. The second-order valence-electron chi connectivity index (χ2n) is 3.36. The molecule has 0 aliphatic heterocycles. The maximum absolute atomic E-state index is 12.0. The van der Waals surface area contributed by atoms with Crippen molar-refractivity contribution in [1.82, 2.24) is 0 Å². The molecule has 0 amide bonds. The van der Waals surface area contributed by atoms with Gasteiger partial charge in [0, 0.05) is 4.47 Å². The summed E-state index contributed by atoms with van der Waals surface area (Å²) in [5.74, 6) is 0.464. The Bertz CT molecular complexity index is 499. The van der Waals surface area contributed by atoms with Crippen molar-refractivity contribution in [3.8, 4) is 5.75 Å². The van der Waals surface area contributed by atoms with E-state index in [2.05, 4.69) is 15.9 Å². The van der Waals surface area contributed by atoms with Gasteiger partial charge in [-0.2, -0.15) is 0 Å². The molecule has 0 saturated heterocycles. The average Bonchev–Trinajstić information content (AvgIpc) is 2.25. The molecule has 4 heteroatoms. The molecule has 0 saturated carbocycles. The molecule has 84 valence electrons. The van der Waals surface area contributed by atoms with Gasteiger partial charge in [0.2, 0.25) is 0 Å². The average molecular weight is 287 g/mol. The molecule has 1 nitrogen and oxygen atoms in total. The lowest BCUT2D eigenvalue weighted by Gasteiger charge is -2.06. The molecule has 0 aliphatic rings. The van der Waals surface area contributed by atoms with Gasteiger partial charge in [0.25, 0.3) is 6.43 Å². The highest BCUT2D eigenvalue weighted by molar-refractivity contribution is 9.10. The van der Waals surface area contributed by atoms with Crippen molar-refractivity contribution in [3.63, 3.8) is 0 Å². The van der Waals surface area contributed by atoms with Gasteiger partial charge in [0.15, 0.2) is 0 Å². The molecular formula is C12H9BrF2O. The van der Waals surface area contributed by atoms with Gasteiger partial charge in [-0.3, -0.25) is 0 Å². The molecule has 0 aliphatic carbocycles. The molecule has 0 unspecified atom stereocenters. The highest BCUT2D eigenvalue weighted by Gasteiger charge is 2.04. The van der Waals surface area contributed by atoms with Crippen LogP contribution in [0, 0.1) is 0 Å². The van der Waals surface area contributed by atoms with Crippen molar-refractivity contribution >= 4 is 26.7 Å². The van der Waals surface area contributed by atoms with E-state index in [1.807, 2.05) is 24.3 Å². The van der Waals surface area contributed by atoms with Crippen LogP contribution in [0.1, 0.15) is 0 Å². The maximum atomic E-state index is 12.0. The fourth-order valence-corrected chi connectivity index (χ4v) is 1.82. The summed E-state index contributed by atoms with van der Waals surface area (Å²) in [5, 5.41) is 2.01. The van der Waals surface area contributed by atoms with Crippen LogP contribution in [0.4, 0.5) is 8.78 Å². The molecule has 0 bridgehead atoms. The summed E-state index contributed by atoms with van der Waals surface area (Å²) in [7, 11) is 0. The highest BCUT2D eigenvalue weighted by Crippen LogP contribution is 2.24. The predicted octanol–water partition coefficient (Wildman–Crippen LogP) is 4.25. The molecule has 0 heterocycles. The van der Waals surface area contributed by atoms with Crippen LogP contribution >= 0.6 is 15.9 Å². The topological polar surface area (TPSA) is 9.23 Å². The monoisotopic (exact) mass is 286 g/mol. The van der Waals surface area contributed by atoms with E-state index in [0.717, 1.165) is 15.2 Å². The Morgan fingerprint density at radius 1 is 1.06 bits per heavy atom. The summed E-state index contributed by atoms with van der Waals surface area (Å²) >= 11 is 3.36. The van der Waals surface area contributed by atoms with E-state index < -0.39 is 13.0 Å². The summed E-state index contributed by atoms with van der Waals surface area (Å²) in [6.07, 6.45) is -2.45. The van der Waals surface area contributed by atoms with Crippen LogP contribution in [0.25, 0.3) is 10.8 Å². The van der Waals surface area contributed by atoms with E-state index in [9.17, 15) is 8.78 Å². The molecule has 0 aromatic heterocycles. The molecule has 2 aromatic carbocycles. The Hall–Kier alpha value is -1.16. The van der Waals surface area contributed by atoms with Gasteiger partial charge in [-0.15, -0.1) is 0 Å². The first-order valence-corrected chi connectivity index (χ1v) is 5.55. The quantitative estimate of drug-likeness (QED) is 0.820. The zero-order valence-corrected chi connectivity index (χ0v) is 9.88. The number of benzene rings is 2. The first-order valence-electron chi connectivity index (χ1n) is 4.75. The zero-order valence-electron chi connectivity index (χ0n) is 8.29. The van der Waals surface area contributed by atoms with Crippen molar-refractivity contribution in [2.24, 2.45) is 0 Å². The fourth-order valence-electron chi connectivity index (χ4n) is 1.44. The van der Waals surface area contributed by atoms with Gasteiger partial charge < -0.3 is 4.74 Å². The molecule has 0 atom stereocenters. The lowest BCUT2D eigenvalue weighted by molar-refractivity contribution is 0.0820. The number of hydrogen-bond acceptors (Lipinski definition) is 1. The van der Waals surface area contributed by atoms with Crippen LogP contribution in [0.5, 0.6) is 5.75 Å². The van der Waals surface area contributed by atoms with Crippen molar-refractivity contribution in [3.05, 3.63) is 40.9 Å². The van der Waals surface area contributed by atoms with Crippen LogP contribution in [0.2, 0.25) is 0 Å². The summed E-state index contributed by atoms with van der Waals surface area (Å²) < 4.78 is 29.8. The molecule has 0 fully saturated rings. The third-order valence-electron chi connectivity index (χ3n) is 2.15. The minimum Gasteiger partial charge on any atom is -0.488 e. The summed E-state index contributed by atoms with van der Waals surface area (Å²) in [4.78, 5) is 0. The van der Waals surface area contributed by atoms with E-state index in [4.69, 9.17) is 4.74 Å². The van der Waals surface area contributed by atoms with E-state index in [-0.39, 0.29) is 0 Å². The Morgan fingerprint density at radius 2 is 1.81 bits per heavy atom. The highest BCUT2D eigenvalue weighted by atomic mass is 79.9. The fraction of sp³-hybridized carbons (Fsp3) is 0.167. The largest absolute Gasteiger partial charge is 0.488 e. The molecule has 2 aromatic rings. The van der Waals surface area contributed by atoms with Crippen molar-refractivity contribution in [1.29, 1.82) is 0 Å². The third kappa shape index (κ3) is 2.70. The summed E-state index contributed by atoms with van der Waals surface area (Å²) in [6.45, 7) is -0.570. The number of rotatable bonds is 3. The molecule has 0 radical (unpaired) electrons. The molecule has 0 N–H and O–H groups in total.